The summed E-state index contributed by atoms with van der Waals surface area (Å²) in [5.74, 6) is -0.719. The van der Waals surface area contributed by atoms with Crippen molar-refractivity contribution in [2.24, 2.45) is 23.7 Å². The molecular formula is C25H30N2O3. The van der Waals surface area contributed by atoms with Crippen molar-refractivity contribution in [1.82, 2.24) is 10.2 Å². The second-order valence-electron chi connectivity index (χ2n) is 9.44. The Hall–Kier alpha value is -2.43. The van der Waals surface area contributed by atoms with Crippen molar-refractivity contribution in [3.8, 4) is 0 Å². The van der Waals surface area contributed by atoms with Crippen LogP contribution in [0.4, 0.5) is 0 Å². The van der Waals surface area contributed by atoms with Gasteiger partial charge < -0.3 is 5.32 Å². The van der Waals surface area contributed by atoms with Crippen LogP contribution in [0, 0.1) is 23.7 Å². The summed E-state index contributed by atoms with van der Waals surface area (Å²) in [5, 5.41) is 3.18. The Balaban J connectivity index is 1.43. The largest absolute Gasteiger partial charge is 0.352 e. The Morgan fingerprint density at radius 3 is 2.07 bits per heavy atom. The summed E-state index contributed by atoms with van der Waals surface area (Å²) in [6.07, 6.45) is 12.0. The normalized spacial score (nSPS) is 31.7. The zero-order valence-corrected chi connectivity index (χ0v) is 17.3. The molecule has 0 aromatic heterocycles. The van der Waals surface area contributed by atoms with Crippen LogP contribution >= 0.6 is 0 Å². The van der Waals surface area contributed by atoms with Crippen molar-refractivity contribution in [3.05, 3.63) is 48.0 Å². The Labute approximate surface area is 177 Å². The molecule has 5 heteroatoms. The predicted octanol–water partition coefficient (Wildman–Crippen LogP) is 3.24. The zero-order chi connectivity index (χ0) is 20.7. The Kier molecular flexibility index (Phi) is 5.21. The van der Waals surface area contributed by atoms with Gasteiger partial charge in [-0.1, -0.05) is 61.7 Å². The van der Waals surface area contributed by atoms with Crippen LogP contribution in [0.3, 0.4) is 0 Å². The zero-order valence-electron chi connectivity index (χ0n) is 17.3. The molecule has 2 bridgehead atoms. The predicted molar refractivity (Wildman–Crippen MR) is 113 cm³/mol. The maximum absolute atomic E-state index is 13.5. The summed E-state index contributed by atoms with van der Waals surface area (Å²) in [6.45, 7) is 0. The number of fused-ring (bicyclic) bond motifs is 1. The highest BCUT2D eigenvalue weighted by molar-refractivity contribution is 6.09. The van der Waals surface area contributed by atoms with Gasteiger partial charge in [0.2, 0.25) is 17.7 Å². The lowest BCUT2D eigenvalue weighted by atomic mass is 9.63. The number of rotatable bonds is 5. The van der Waals surface area contributed by atoms with Crippen LogP contribution in [-0.4, -0.2) is 34.7 Å². The average Bonchev–Trinajstić information content (AvgIpc) is 3.07. The van der Waals surface area contributed by atoms with Crippen molar-refractivity contribution in [1.29, 1.82) is 0 Å². The number of nitrogens with zero attached hydrogens (tertiary/aromatic N) is 1. The minimum atomic E-state index is -0.765. The molecule has 5 nitrogen and oxygen atoms in total. The summed E-state index contributed by atoms with van der Waals surface area (Å²) < 4.78 is 0. The number of imide groups is 1. The van der Waals surface area contributed by atoms with Gasteiger partial charge in [0, 0.05) is 12.5 Å². The molecule has 0 spiro atoms. The molecule has 1 heterocycles. The van der Waals surface area contributed by atoms with E-state index in [0.29, 0.717) is 6.42 Å². The van der Waals surface area contributed by atoms with E-state index in [9.17, 15) is 14.4 Å². The van der Waals surface area contributed by atoms with Crippen molar-refractivity contribution in [2.45, 2.75) is 63.5 Å². The molecule has 30 heavy (non-hydrogen) atoms. The molecule has 2 saturated carbocycles. The van der Waals surface area contributed by atoms with E-state index in [0.717, 1.165) is 44.1 Å². The first-order chi connectivity index (χ1) is 14.6. The quantitative estimate of drug-likeness (QED) is 0.603. The number of carbonyl (C=O) groups is 3. The Bertz CT molecular complexity index is 826. The lowest BCUT2D eigenvalue weighted by Gasteiger charge is -2.38. The number of hydrogen-bond acceptors (Lipinski definition) is 3. The molecule has 4 aliphatic carbocycles. The number of likely N-dealkylation sites (tertiary alicyclic amines) is 1. The van der Waals surface area contributed by atoms with E-state index in [4.69, 9.17) is 0 Å². The Morgan fingerprint density at radius 1 is 0.900 bits per heavy atom. The van der Waals surface area contributed by atoms with E-state index in [2.05, 4.69) is 17.5 Å². The third-order valence-corrected chi connectivity index (χ3v) is 7.63. The second kappa shape index (κ2) is 8.01. The van der Waals surface area contributed by atoms with Crippen LogP contribution in [0.5, 0.6) is 0 Å². The van der Waals surface area contributed by atoms with E-state index >= 15 is 0 Å². The van der Waals surface area contributed by atoms with Crippen LogP contribution in [0.15, 0.2) is 42.5 Å². The molecular weight excluding hydrogens is 376 g/mol. The van der Waals surface area contributed by atoms with E-state index in [1.54, 1.807) is 0 Å². The first-order valence-corrected chi connectivity index (χ1v) is 11.5. The number of hydrogen-bond donors (Lipinski definition) is 1. The van der Waals surface area contributed by atoms with Gasteiger partial charge >= 0.3 is 0 Å². The lowest BCUT2D eigenvalue weighted by molar-refractivity contribution is -0.148. The molecule has 6 rings (SSSR count). The van der Waals surface area contributed by atoms with Gasteiger partial charge in [0.15, 0.2) is 0 Å². The number of nitrogens with one attached hydrogen (secondary N) is 1. The summed E-state index contributed by atoms with van der Waals surface area (Å²) in [6, 6.07) is 9.11. The highest BCUT2D eigenvalue weighted by Crippen LogP contribution is 2.50. The minimum absolute atomic E-state index is 0.135. The highest BCUT2D eigenvalue weighted by Gasteiger charge is 2.58. The van der Waals surface area contributed by atoms with Crippen LogP contribution in [0.25, 0.3) is 0 Å². The van der Waals surface area contributed by atoms with Crippen molar-refractivity contribution in [3.63, 3.8) is 0 Å². The van der Waals surface area contributed by atoms with Gasteiger partial charge in [0.25, 0.3) is 0 Å². The standard InChI is InChI=1S/C25H30N2O3/c28-23(26-19-9-5-2-6-10-19)20(15-16-7-3-1-4-8-16)27-24(29)21-17-11-12-18(14-13-17)22(21)25(27)30/h1,3-4,7-8,11-12,17-22H,2,5-6,9-10,13-15H2,(H,26,28). The van der Waals surface area contributed by atoms with Gasteiger partial charge in [-0.05, 0) is 43.1 Å². The monoisotopic (exact) mass is 406 g/mol. The van der Waals surface area contributed by atoms with E-state index in [-0.39, 0.29) is 47.4 Å². The van der Waals surface area contributed by atoms with Crippen LogP contribution < -0.4 is 5.32 Å². The molecule has 1 aliphatic heterocycles. The number of benzene rings is 1. The summed E-state index contributed by atoms with van der Waals surface area (Å²) >= 11 is 0. The smallest absolute Gasteiger partial charge is 0.243 e. The molecule has 1 aromatic carbocycles. The second-order valence-corrected chi connectivity index (χ2v) is 9.44. The van der Waals surface area contributed by atoms with Crippen LogP contribution in [0.1, 0.15) is 50.5 Å². The summed E-state index contributed by atoms with van der Waals surface area (Å²) in [4.78, 5) is 41.7. The molecule has 1 aromatic rings. The van der Waals surface area contributed by atoms with Gasteiger partial charge in [0.1, 0.15) is 6.04 Å². The third kappa shape index (κ3) is 3.38. The molecule has 0 radical (unpaired) electrons. The van der Waals surface area contributed by atoms with E-state index in [1.165, 1.54) is 11.3 Å². The van der Waals surface area contributed by atoms with Crippen molar-refractivity contribution >= 4 is 17.7 Å². The van der Waals surface area contributed by atoms with Gasteiger partial charge in [-0.25, -0.2) is 0 Å². The maximum atomic E-state index is 13.5. The van der Waals surface area contributed by atoms with E-state index < -0.39 is 6.04 Å². The molecule has 1 N–H and O–H groups in total. The topological polar surface area (TPSA) is 66.5 Å². The van der Waals surface area contributed by atoms with Crippen molar-refractivity contribution in [2.75, 3.05) is 0 Å². The molecule has 3 fully saturated rings. The van der Waals surface area contributed by atoms with E-state index in [1.807, 2.05) is 30.3 Å². The number of allylic oxidation sites excluding steroid dienone is 2. The van der Waals surface area contributed by atoms with Gasteiger partial charge in [0.05, 0.1) is 11.8 Å². The minimum Gasteiger partial charge on any atom is -0.352 e. The number of amides is 3. The lowest BCUT2D eigenvalue weighted by Crippen LogP contribution is -2.53. The number of carbonyl (C=O) groups excluding carboxylic acids is 3. The fourth-order valence-corrected chi connectivity index (χ4v) is 6.09. The first kappa shape index (κ1) is 19.5. The van der Waals surface area contributed by atoms with Gasteiger partial charge in [-0.3, -0.25) is 19.3 Å². The molecule has 5 aliphatic rings. The molecule has 5 atom stereocenters. The van der Waals surface area contributed by atoms with Gasteiger partial charge in [-0.2, -0.15) is 0 Å². The molecule has 5 unspecified atom stereocenters. The fourth-order valence-electron chi connectivity index (χ4n) is 6.09. The van der Waals surface area contributed by atoms with Crippen LogP contribution in [0.2, 0.25) is 0 Å². The molecule has 1 saturated heterocycles. The maximum Gasteiger partial charge on any atom is 0.243 e. The summed E-state index contributed by atoms with van der Waals surface area (Å²) in [5.41, 5.74) is 0.970. The van der Waals surface area contributed by atoms with Gasteiger partial charge in [-0.15, -0.1) is 0 Å². The summed E-state index contributed by atoms with van der Waals surface area (Å²) in [7, 11) is 0. The van der Waals surface area contributed by atoms with Crippen molar-refractivity contribution < 1.29 is 14.4 Å². The third-order valence-electron chi connectivity index (χ3n) is 7.63. The Morgan fingerprint density at radius 2 is 1.50 bits per heavy atom. The fraction of sp³-hybridized carbons (Fsp3) is 0.560. The first-order valence-electron chi connectivity index (χ1n) is 11.5. The van der Waals surface area contributed by atoms with Crippen LogP contribution in [-0.2, 0) is 20.8 Å². The molecule has 3 amide bonds. The highest BCUT2D eigenvalue weighted by atomic mass is 16.2. The average molecular weight is 407 g/mol. The molecule has 158 valence electrons. The SMILES string of the molecule is O=C(NC1CCCCC1)C(Cc1ccccc1)N1C(=O)C2C3C=CC(CC3)C2C1=O.